The van der Waals surface area contributed by atoms with Crippen LogP contribution in [0.4, 0.5) is 0 Å². The van der Waals surface area contributed by atoms with Crippen molar-refractivity contribution in [1.29, 1.82) is 0 Å². The molecule has 2 aromatic rings. The molecule has 1 aliphatic rings. The van der Waals surface area contributed by atoms with Gasteiger partial charge in [-0.3, -0.25) is 9.59 Å². The fourth-order valence-electron chi connectivity index (χ4n) is 3.06. The first-order valence-electron chi connectivity index (χ1n) is 8.69. The van der Waals surface area contributed by atoms with Crippen molar-refractivity contribution in [2.75, 3.05) is 26.2 Å². The zero-order valence-electron chi connectivity index (χ0n) is 15.5. The summed E-state index contributed by atoms with van der Waals surface area (Å²) in [5.74, 6) is -0.0615. The summed E-state index contributed by atoms with van der Waals surface area (Å²) in [5.41, 5.74) is 7.35. The van der Waals surface area contributed by atoms with Gasteiger partial charge in [0, 0.05) is 37.1 Å². The van der Waals surface area contributed by atoms with Crippen molar-refractivity contribution in [2.45, 2.75) is 26.8 Å². The van der Waals surface area contributed by atoms with Gasteiger partial charge in [-0.2, -0.15) is 0 Å². The minimum Gasteiger partial charge on any atom is -0.351 e. The fourth-order valence-corrected chi connectivity index (χ4v) is 3.06. The molecule has 0 unspecified atom stereocenters. The summed E-state index contributed by atoms with van der Waals surface area (Å²) in [7, 11) is 0. The fraction of sp³-hybridized carbons (Fsp3) is 0.474. The topological polar surface area (TPSA) is 82.4 Å². The van der Waals surface area contributed by atoms with Crippen LogP contribution in [-0.4, -0.2) is 58.8 Å². The number of H-pyrrole nitrogens is 1. The van der Waals surface area contributed by atoms with E-state index in [9.17, 15) is 9.59 Å². The van der Waals surface area contributed by atoms with Crippen LogP contribution in [0.3, 0.4) is 0 Å². The van der Waals surface area contributed by atoms with Gasteiger partial charge in [0.15, 0.2) is 0 Å². The predicted octanol–water partition coefficient (Wildman–Crippen LogP) is 2.25. The van der Waals surface area contributed by atoms with E-state index in [1.165, 1.54) is 0 Å². The molecule has 6 nitrogen and oxygen atoms in total. The summed E-state index contributed by atoms with van der Waals surface area (Å²) in [6.45, 7) is 7.98. The van der Waals surface area contributed by atoms with E-state index in [0.717, 1.165) is 10.9 Å². The van der Waals surface area contributed by atoms with Crippen molar-refractivity contribution in [3.63, 3.8) is 0 Å². The number of nitrogens with one attached hydrogen (secondary N) is 1. The lowest BCUT2D eigenvalue weighted by molar-refractivity contribution is -0.136. The van der Waals surface area contributed by atoms with Crippen molar-refractivity contribution >= 4 is 35.1 Å². The molecule has 0 aliphatic carbocycles. The highest BCUT2D eigenvalue weighted by Crippen LogP contribution is 2.20. The third kappa shape index (κ3) is 4.02. The van der Waals surface area contributed by atoms with Gasteiger partial charge in [-0.1, -0.05) is 39.0 Å². The molecule has 0 spiro atoms. The molecule has 0 saturated carbocycles. The van der Waals surface area contributed by atoms with Gasteiger partial charge in [0.05, 0.1) is 6.04 Å². The minimum absolute atomic E-state index is 0. The third-order valence-corrected chi connectivity index (χ3v) is 4.84. The summed E-state index contributed by atoms with van der Waals surface area (Å²) < 4.78 is 0. The monoisotopic (exact) mass is 378 g/mol. The number of hydrogen-bond acceptors (Lipinski definition) is 3. The molecular formula is C19H27ClN4O2. The molecule has 1 aromatic heterocycles. The molecule has 1 aliphatic heterocycles. The number of nitrogens with zero attached hydrogens (tertiary/aromatic N) is 2. The number of para-hydroxylation sites is 1. The average molecular weight is 379 g/mol. The highest BCUT2D eigenvalue weighted by Gasteiger charge is 2.33. The Balaban J connectivity index is 0.00000243. The van der Waals surface area contributed by atoms with Gasteiger partial charge in [-0.15, -0.1) is 12.4 Å². The highest BCUT2D eigenvalue weighted by atomic mass is 35.5. The van der Waals surface area contributed by atoms with Gasteiger partial charge in [-0.05, 0) is 17.5 Å². The van der Waals surface area contributed by atoms with Crippen molar-refractivity contribution in [3.8, 4) is 0 Å². The number of carbonyl (C=O) groups excluding carboxylic acids is 2. The van der Waals surface area contributed by atoms with E-state index >= 15 is 0 Å². The molecule has 1 atom stereocenters. The number of rotatable bonds is 2. The number of nitrogens with two attached hydrogens (primary N) is 1. The molecule has 0 bridgehead atoms. The number of aromatic amines is 1. The Bertz CT molecular complexity index is 755. The van der Waals surface area contributed by atoms with E-state index in [4.69, 9.17) is 5.73 Å². The van der Waals surface area contributed by atoms with Crippen molar-refractivity contribution in [1.82, 2.24) is 14.8 Å². The van der Waals surface area contributed by atoms with Crippen LogP contribution in [0.15, 0.2) is 30.3 Å². The molecule has 7 heteroatoms. The zero-order valence-corrected chi connectivity index (χ0v) is 16.3. The average Bonchev–Trinajstić information content (AvgIpc) is 3.03. The molecule has 2 amide bonds. The number of carbonyl (C=O) groups is 2. The van der Waals surface area contributed by atoms with Gasteiger partial charge < -0.3 is 20.5 Å². The number of aromatic nitrogens is 1. The van der Waals surface area contributed by atoms with Crippen LogP contribution in [0.2, 0.25) is 0 Å². The van der Waals surface area contributed by atoms with Crippen LogP contribution in [0.25, 0.3) is 10.9 Å². The van der Waals surface area contributed by atoms with E-state index in [2.05, 4.69) is 4.98 Å². The highest BCUT2D eigenvalue weighted by molar-refractivity contribution is 5.98. The maximum atomic E-state index is 12.7. The van der Waals surface area contributed by atoms with Crippen LogP contribution in [-0.2, 0) is 4.79 Å². The lowest BCUT2D eigenvalue weighted by Gasteiger charge is -2.38. The molecule has 2 heterocycles. The standard InChI is InChI=1S/C19H26N4O2.ClH/c1-19(2,3)16(20)18(25)23-10-8-22(9-11-23)17(24)15-12-13-6-4-5-7-14(13)21-15;/h4-7,12,16,21H,8-11,20H2,1-3H3;1H/t16-;/m1./s1. The number of benzene rings is 1. The van der Waals surface area contributed by atoms with Crippen molar-refractivity contribution in [2.24, 2.45) is 11.1 Å². The summed E-state index contributed by atoms with van der Waals surface area (Å²) in [6.07, 6.45) is 0. The summed E-state index contributed by atoms with van der Waals surface area (Å²) in [6, 6.07) is 9.18. The molecule has 1 saturated heterocycles. The Morgan fingerprint density at radius 1 is 1.08 bits per heavy atom. The first kappa shape index (κ1) is 20.3. The predicted molar refractivity (Wildman–Crippen MR) is 105 cm³/mol. The second-order valence-corrected chi connectivity index (χ2v) is 7.73. The van der Waals surface area contributed by atoms with E-state index in [0.29, 0.717) is 31.9 Å². The quantitative estimate of drug-likeness (QED) is 0.840. The van der Waals surface area contributed by atoms with Crippen molar-refractivity contribution in [3.05, 3.63) is 36.0 Å². The van der Waals surface area contributed by atoms with Crippen LogP contribution in [0.5, 0.6) is 0 Å². The molecule has 0 radical (unpaired) electrons. The van der Waals surface area contributed by atoms with Crippen molar-refractivity contribution < 1.29 is 9.59 Å². The zero-order chi connectivity index (χ0) is 18.2. The summed E-state index contributed by atoms with van der Waals surface area (Å²) in [5, 5.41) is 1.02. The van der Waals surface area contributed by atoms with E-state index in [1.54, 1.807) is 9.80 Å². The second-order valence-electron chi connectivity index (χ2n) is 7.73. The normalized spacial score (nSPS) is 16.3. The Morgan fingerprint density at radius 3 is 2.23 bits per heavy atom. The Hall–Kier alpha value is -2.05. The van der Waals surface area contributed by atoms with E-state index in [-0.39, 0.29) is 29.6 Å². The first-order chi connectivity index (χ1) is 11.8. The minimum atomic E-state index is -0.525. The summed E-state index contributed by atoms with van der Waals surface area (Å²) >= 11 is 0. The smallest absolute Gasteiger partial charge is 0.270 e. The number of hydrogen-bond donors (Lipinski definition) is 2. The molecule has 26 heavy (non-hydrogen) atoms. The van der Waals surface area contributed by atoms with Gasteiger partial charge >= 0.3 is 0 Å². The first-order valence-corrected chi connectivity index (χ1v) is 8.69. The molecule has 1 fully saturated rings. The Labute approximate surface area is 160 Å². The molecule has 3 rings (SSSR count). The SMILES string of the molecule is CC(C)(C)[C@H](N)C(=O)N1CCN(C(=O)c2cc3ccccc3[nH]2)CC1.Cl. The Kier molecular flexibility index (Phi) is 5.98. The lowest BCUT2D eigenvalue weighted by Crippen LogP contribution is -2.57. The Morgan fingerprint density at radius 2 is 1.65 bits per heavy atom. The molecular weight excluding hydrogens is 352 g/mol. The lowest BCUT2D eigenvalue weighted by atomic mass is 9.86. The second kappa shape index (κ2) is 7.68. The largest absolute Gasteiger partial charge is 0.351 e. The molecule has 142 valence electrons. The van der Waals surface area contributed by atoms with E-state index in [1.807, 2.05) is 51.1 Å². The number of piperazine rings is 1. The van der Waals surface area contributed by atoms with E-state index < -0.39 is 6.04 Å². The summed E-state index contributed by atoms with van der Waals surface area (Å²) in [4.78, 5) is 31.9. The van der Waals surface area contributed by atoms with Gasteiger partial charge in [0.2, 0.25) is 5.91 Å². The number of amides is 2. The van der Waals surface area contributed by atoms with Crippen LogP contribution < -0.4 is 5.73 Å². The molecule has 1 aromatic carbocycles. The van der Waals surface area contributed by atoms with Gasteiger partial charge in [0.25, 0.3) is 5.91 Å². The van der Waals surface area contributed by atoms with Gasteiger partial charge in [-0.25, -0.2) is 0 Å². The third-order valence-electron chi connectivity index (χ3n) is 4.84. The van der Waals surface area contributed by atoms with Gasteiger partial charge in [0.1, 0.15) is 5.69 Å². The number of halogens is 1. The molecule has 3 N–H and O–H groups in total. The maximum absolute atomic E-state index is 12.7. The van der Waals surface area contributed by atoms with Crippen LogP contribution in [0, 0.1) is 5.41 Å². The van der Waals surface area contributed by atoms with Crippen LogP contribution >= 0.6 is 12.4 Å². The maximum Gasteiger partial charge on any atom is 0.270 e. The van der Waals surface area contributed by atoms with Crippen LogP contribution in [0.1, 0.15) is 31.3 Å². The number of fused-ring (bicyclic) bond motifs is 1.